The lowest BCUT2D eigenvalue weighted by Gasteiger charge is -2.08. The van der Waals surface area contributed by atoms with E-state index in [1.54, 1.807) is 25.1 Å². The van der Waals surface area contributed by atoms with Gasteiger partial charge in [0.1, 0.15) is 12.2 Å². The van der Waals surface area contributed by atoms with E-state index < -0.39 is 5.97 Å². The second-order valence-corrected chi connectivity index (χ2v) is 3.54. The van der Waals surface area contributed by atoms with E-state index >= 15 is 0 Å². The number of para-hydroxylation sites is 1. The number of carboxylic acid groups (broad SMARTS) is 1. The molecule has 0 spiro atoms. The van der Waals surface area contributed by atoms with E-state index in [0.717, 1.165) is 0 Å². The van der Waals surface area contributed by atoms with Crippen LogP contribution in [0, 0.1) is 11.8 Å². The van der Waals surface area contributed by atoms with Gasteiger partial charge in [0.2, 0.25) is 0 Å². The van der Waals surface area contributed by atoms with Gasteiger partial charge in [-0.15, -0.1) is 5.92 Å². The molecule has 0 bridgehead atoms. The number of carboxylic acids is 1. The van der Waals surface area contributed by atoms with Crippen molar-refractivity contribution in [2.75, 3.05) is 6.61 Å². The fourth-order valence-electron chi connectivity index (χ4n) is 1.64. The number of rotatable bonds is 3. The molecule has 90 valence electrons. The van der Waals surface area contributed by atoms with Gasteiger partial charge in [0.05, 0.1) is 11.7 Å². The Kier molecular flexibility index (Phi) is 3.44. The monoisotopic (exact) mass is 241 g/mol. The maximum Gasteiger partial charge on any atom is 0.340 e. The Morgan fingerprint density at radius 1 is 1.44 bits per heavy atom. The first kappa shape index (κ1) is 11.9. The Labute approximate surface area is 104 Å². The number of hydrogen-bond acceptors (Lipinski definition) is 3. The lowest BCUT2D eigenvalue weighted by molar-refractivity contribution is 0.0695. The highest BCUT2D eigenvalue weighted by atomic mass is 16.5. The molecule has 0 amide bonds. The first-order valence-corrected chi connectivity index (χ1v) is 5.37. The van der Waals surface area contributed by atoms with E-state index in [1.165, 1.54) is 6.20 Å². The van der Waals surface area contributed by atoms with Crippen molar-refractivity contribution in [1.29, 1.82) is 0 Å². The van der Waals surface area contributed by atoms with Crippen LogP contribution in [-0.4, -0.2) is 22.7 Å². The van der Waals surface area contributed by atoms with Crippen molar-refractivity contribution in [3.63, 3.8) is 0 Å². The third kappa shape index (κ3) is 2.25. The largest absolute Gasteiger partial charge is 0.478 e. The van der Waals surface area contributed by atoms with Crippen LogP contribution in [-0.2, 0) is 0 Å². The van der Waals surface area contributed by atoms with Crippen LogP contribution in [0.1, 0.15) is 17.3 Å². The Morgan fingerprint density at radius 2 is 2.22 bits per heavy atom. The van der Waals surface area contributed by atoms with Gasteiger partial charge in [-0.05, 0) is 13.0 Å². The molecule has 0 atom stereocenters. The standard InChI is InChI=1S/C14H11NO3/c1-2-3-8-18-12-9-15-11-7-5-4-6-10(11)13(12)14(16)17/h4-7,9H,8H2,1H3,(H,16,17). The van der Waals surface area contributed by atoms with Crippen LogP contribution in [0.5, 0.6) is 5.75 Å². The minimum Gasteiger partial charge on any atom is -0.478 e. The number of fused-ring (bicyclic) bond motifs is 1. The first-order chi connectivity index (χ1) is 8.74. The van der Waals surface area contributed by atoms with Crippen molar-refractivity contribution in [3.05, 3.63) is 36.0 Å². The number of nitrogens with zero attached hydrogens (tertiary/aromatic N) is 1. The highest BCUT2D eigenvalue weighted by Gasteiger charge is 2.16. The van der Waals surface area contributed by atoms with Crippen molar-refractivity contribution in [2.45, 2.75) is 6.92 Å². The molecule has 0 unspecified atom stereocenters. The summed E-state index contributed by atoms with van der Waals surface area (Å²) < 4.78 is 5.33. The van der Waals surface area contributed by atoms with Gasteiger partial charge in [0.25, 0.3) is 0 Å². The second kappa shape index (κ2) is 5.19. The summed E-state index contributed by atoms with van der Waals surface area (Å²) in [6.07, 6.45) is 1.42. The van der Waals surface area contributed by atoms with Crippen LogP contribution in [0.15, 0.2) is 30.5 Å². The van der Waals surface area contributed by atoms with Crippen molar-refractivity contribution >= 4 is 16.9 Å². The van der Waals surface area contributed by atoms with Gasteiger partial charge < -0.3 is 9.84 Å². The normalized spacial score (nSPS) is 9.61. The summed E-state index contributed by atoms with van der Waals surface area (Å²) in [6, 6.07) is 7.05. The second-order valence-electron chi connectivity index (χ2n) is 3.54. The fourth-order valence-corrected chi connectivity index (χ4v) is 1.64. The average molecular weight is 241 g/mol. The highest BCUT2D eigenvalue weighted by Crippen LogP contribution is 2.25. The van der Waals surface area contributed by atoms with Gasteiger partial charge in [0.15, 0.2) is 5.75 Å². The summed E-state index contributed by atoms with van der Waals surface area (Å²) in [6.45, 7) is 1.84. The van der Waals surface area contributed by atoms with Crippen molar-refractivity contribution in [3.8, 4) is 17.6 Å². The summed E-state index contributed by atoms with van der Waals surface area (Å²) in [5.74, 6) is 4.60. The van der Waals surface area contributed by atoms with Crippen molar-refractivity contribution < 1.29 is 14.6 Å². The van der Waals surface area contributed by atoms with E-state index in [9.17, 15) is 9.90 Å². The minimum absolute atomic E-state index is 0.124. The van der Waals surface area contributed by atoms with E-state index in [2.05, 4.69) is 16.8 Å². The predicted molar refractivity (Wildman–Crippen MR) is 67.6 cm³/mol. The number of hydrogen-bond donors (Lipinski definition) is 1. The summed E-state index contributed by atoms with van der Waals surface area (Å²) >= 11 is 0. The van der Waals surface area contributed by atoms with Crippen LogP contribution in [0.25, 0.3) is 10.9 Å². The minimum atomic E-state index is -1.03. The molecule has 0 aliphatic heterocycles. The molecule has 4 heteroatoms. The molecule has 0 aliphatic carbocycles. The molecule has 1 heterocycles. The third-order valence-corrected chi connectivity index (χ3v) is 2.43. The molecular formula is C14H11NO3. The Morgan fingerprint density at radius 3 is 2.94 bits per heavy atom. The van der Waals surface area contributed by atoms with Gasteiger partial charge in [0, 0.05) is 5.39 Å². The summed E-state index contributed by atoms with van der Waals surface area (Å²) in [4.78, 5) is 15.5. The summed E-state index contributed by atoms with van der Waals surface area (Å²) in [5.41, 5.74) is 0.752. The molecule has 0 saturated heterocycles. The van der Waals surface area contributed by atoms with Crippen molar-refractivity contribution in [2.24, 2.45) is 0 Å². The van der Waals surface area contributed by atoms with Crippen molar-refractivity contribution in [1.82, 2.24) is 4.98 Å². The van der Waals surface area contributed by atoms with Crippen LogP contribution >= 0.6 is 0 Å². The zero-order valence-corrected chi connectivity index (χ0v) is 9.80. The van der Waals surface area contributed by atoms with Gasteiger partial charge >= 0.3 is 5.97 Å². The molecule has 1 aromatic heterocycles. The van der Waals surface area contributed by atoms with Gasteiger partial charge in [-0.25, -0.2) is 4.79 Å². The van der Waals surface area contributed by atoms with E-state index in [1.807, 2.05) is 6.07 Å². The maximum absolute atomic E-state index is 11.3. The van der Waals surface area contributed by atoms with Gasteiger partial charge in [-0.3, -0.25) is 4.98 Å². The smallest absolute Gasteiger partial charge is 0.340 e. The summed E-state index contributed by atoms with van der Waals surface area (Å²) in [5, 5.41) is 9.84. The number of benzene rings is 1. The molecule has 2 aromatic rings. The van der Waals surface area contributed by atoms with Crippen LogP contribution in [0.2, 0.25) is 0 Å². The number of pyridine rings is 1. The Bertz CT molecular complexity index is 653. The molecule has 2 rings (SSSR count). The number of carbonyl (C=O) groups is 1. The van der Waals surface area contributed by atoms with Gasteiger partial charge in [-0.1, -0.05) is 24.1 Å². The van der Waals surface area contributed by atoms with E-state index in [0.29, 0.717) is 10.9 Å². The van der Waals surface area contributed by atoms with Crippen LogP contribution in [0.3, 0.4) is 0 Å². The molecule has 18 heavy (non-hydrogen) atoms. The average Bonchev–Trinajstić information content (AvgIpc) is 2.38. The SMILES string of the molecule is CC#CCOc1cnc2ccccc2c1C(=O)O. The molecule has 1 aromatic carbocycles. The van der Waals surface area contributed by atoms with Crippen LogP contribution in [0.4, 0.5) is 0 Å². The fraction of sp³-hybridized carbons (Fsp3) is 0.143. The maximum atomic E-state index is 11.3. The zero-order valence-electron chi connectivity index (χ0n) is 9.80. The molecule has 0 radical (unpaired) electrons. The van der Waals surface area contributed by atoms with E-state index in [4.69, 9.17) is 4.74 Å². The topological polar surface area (TPSA) is 59.4 Å². The molecule has 1 N–H and O–H groups in total. The molecule has 0 saturated carbocycles. The predicted octanol–water partition coefficient (Wildman–Crippen LogP) is 2.34. The molecule has 0 aliphatic rings. The van der Waals surface area contributed by atoms with E-state index in [-0.39, 0.29) is 17.9 Å². The number of aromatic nitrogens is 1. The number of aromatic carboxylic acids is 1. The third-order valence-electron chi connectivity index (χ3n) is 2.43. The molecule has 4 nitrogen and oxygen atoms in total. The van der Waals surface area contributed by atoms with Gasteiger partial charge in [-0.2, -0.15) is 0 Å². The highest BCUT2D eigenvalue weighted by molar-refractivity contribution is 6.04. The zero-order chi connectivity index (χ0) is 13.0. The quantitative estimate of drug-likeness (QED) is 0.838. The Balaban J connectivity index is 2.54. The van der Waals surface area contributed by atoms with Crippen LogP contribution < -0.4 is 4.74 Å². The lowest BCUT2D eigenvalue weighted by Crippen LogP contribution is -2.05. The molecule has 0 fully saturated rings. The summed E-state index contributed by atoms with van der Waals surface area (Å²) in [7, 11) is 0. The number of ether oxygens (including phenoxy) is 1. The lowest BCUT2D eigenvalue weighted by atomic mass is 10.1. The molecular weight excluding hydrogens is 230 g/mol. The Hall–Kier alpha value is -2.54. The first-order valence-electron chi connectivity index (χ1n) is 5.37.